The van der Waals surface area contributed by atoms with Gasteiger partial charge < -0.3 is 5.32 Å². The predicted molar refractivity (Wildman–Crippen MR) is 118 cm³/mol. The Morgan fingerprint density at radius 1 is 1.06 bits per heavy atom. The number of anilines is 2. The number of amides is 1. The van der Waals surface area contributed by atoms with E-state index in [1.165, 1.54) is 16.8 Å². The minimum absolute atomic E-state index is 0.00455. The number of fused-ring (bicyclic) bond motifs is 1. The highest BCUT2D eigenvalue weighted by Gasteiger charge is 2.34. The van der Waals surface area contributed by atoms with Crippen molar-refractivity contribution in [3.63, 3.8) is 0 Å². The standard InChI is InChI=1S/C22H20ClN5O3/c1-22(2)11-16-14(17(29)12-22)10-15(24-20(30)13-6-4-3-5-7-13)21(31)28(16)27-19-9-8-18(23)25-26-19/h3-10H,11-12H2,1-2H3,(H,24,30)(H,26,27). The number of nitrogens with one attached hydrogen (secondary N) is 2. The number of hydrogen-bond acceptors (Lipinski definition) is 6. The third-order valence-corrected chi connectivity index (χ3v) is 5.23. The number of aromatic nitrogens is 3. The Morgan fingerprint density at radius 3 is 2.48 bits per heavy atom. The second-order valence-electron chi connectivity index (χ2n) is 8.17. The molecule has 0 unspecified atom stereocenters. The molecule has 0 atom stereocenters. The second kappa shape index (κ2) is 7.96. The number of halogens is 1. The average Bonchev–Trinajstić information content (AvgIpc) is 2.73. The summed E-state index contributed by atoms with van der Waals surface area (Å²) in [6.07, 6.45) is 0.829. The Bertz CT molecular complexity index is 1220. The van der Waals surface area contributed by atoms with Gasteiger partial charge in [-0.2, -0.15) is 0 Å². The smallest absolute Gasteiger partial charge is 0.293 e. The maximum absolute atomic E-state index is 13.3. The Kier molecular flexibility index (Phi) is 5.32. The lowest BCUT2D eigenvalue weighted by Gasteiger charge is -2.32. The van der Waals surface area contributed by atoms with Crippen LogP contribution in [0.3, 0.4) is 0 Å². The van der Waals surface area contributed by atoms with E-state index in [-0.39, 0.29) is 27.9 Å². The van der Waals surface area contributed by atoms with Gasteiger partial charge in [0.2, 0.25) is 0 Å². The molecule has 31 heavy (non-hydrogen) atoms. The number of benzene rings is 1. The first-order valence-electron chi connectivity index (χ1n) is 9.68. The maximum atomic E-state index is 13.3. The number of ketones is 1. The highest BCUT2D eigenvalue weighted by molar-refractivity contribution is 6.29. The fourth-order valence-corrected chi connectivity index (χ4v) is 3.70. The molecule has 0 radical (unpaired) electrons. The van der Waals surface area contributed by atoms with Crippen LogP contribution in [0.25, 0.3) is 0 Å². The van der Waals surface area contributed by atoms with Crippen LogP contribution in [-0.4, -0.2) is 26.6 Å². The Labute approximate surface area is 183 Å². The molecule has 0 saturated heterocycles. The third kappa shape index (κ3) is 4.34. The minimum atomic E-state index is -0.509. The van der Waals surface area contributed by atoms with Crippen LogP contribution < -0.4 is 16.3 Å². The number of Topliss-reactive ketones (excluding diaryl/α,β-unsaturated/α-hetero) is 1. The topological polar surface area (TPSA) is 106 Å². The number of rotatable bonds is 4. The van der Waals surface area contributed by atoms with E-state index in [2.05, 4.69) is 20.9 Å². The summed E-state index contributed by atoms with van der Waals surface area (Å²) < 4.78 is 1.26. The largest absolute Gasteiger partial charge is 0.317 e. The van der Waals surface area contributed by atoms with Crippen LogP contribution >= 0.6 is 11.6 Å². The molecule has 0 bridgehead atoms. The lowest BCUT2D eigenvalue weighted by Crippen LogP contribution is -2.39. The molecule has 0 spiro atoms. The molecular formula is C22H20ClN5O3. The SMILES string of the molecule is CC1(C)CC(=O)c2cc(NC(=O)c3ccccc3)c(=O)n(Nc3ccc(Cl)nn3)c2C1. The van der Waals surface area contributed by atoms with Gasteiger partial charge in [-0.1, -0.05) is 43.6 Å². The van der Waals surface area contributed by atoms with Gasteiger partial charge in [0, 0.05) is 17.5 Å². The van der Waals surface area contributed by atoms with Crippen molar-refractivity contribution < 1.29 is 9.59 Å². The maximum Gasteiger partial charge on any atom is 0.293 e. The van der Waals surface area contributed by atoms with E-state index in [0.717, 1.165) is 0 Å². The molecule has 0 aliphatic heterocycles. The zero-order valence-electron chi connectivity index (χ0n) is 17.0. The first-order chi connectivity index (χ1) is 14.7. The van der Waals surface area contributed by atoms with Gasteiger partial charge in [0.1, 0.15) is 5.69 Å². The van der Waals surface area contributed by atoms with E-state index < -0.39 is 11.5 Å². The van der Waals surface area contributed by atoms with E-state index in [9.17, 15) is 14.4 Å². The Hall–Kier alpha value is -3.52. The Morgan fingerprint density at radius 2 is 1.81 bits per heavy atom. The van der Waals surface area contributed by atoms with E-state index in [1.54, 1.807) is 36.4 Å². The van der Waals surface area contributed by atoms with Crippen molar-refractivity contribution in [2.24, 2.45) is 5.41 Å². The van der Waals surface area contributed by atoms with Gasteiger partial charge in [-0.15, -0.1) is 10.2 Å². The molecule has 2 heterocycles. The lowest BCUT2D eigenvalue weighted by molar-refractivity contribution is 0.0907. The van der Waals surface area contributed by atoms with Gasteiger partial charge in [0.05, 0.1) is 5.69 Å². The highest BCUT2D eigenvalue weighted by Crippen LogP contribution is 2.35. The summed E-state index contributed by atoms with van der Waals surface area (Å²) >= 11 is 5.80. The van der Waals surface area contributed by atoms with Crippen LogP contribution in [0.2, 0.25) is 5.15 Å². The molecule has 2 aromatic heterocycles. The van der Waals surface area contributed by atoms with E-state index in [4.69, 9.17) is 11.6 Å². The van der Waals surface area contributed by atoms with Crippen molar-refractivity contribution in [3.8, 4) is 0 Å². The number of nitrogens with zero attached hydrogens (tertiary/aromatic N) is 3. The lowest BCUT2D eigenvalue weighted by atomic mass is 9.75. The van der Waals surface area contributed by atoms with Crippen LogP contribution in [0.4, 0.5) is 11.5 Å². The number of carbonyl (C=O) groups excluding carboxylic acids is 2. The van der Waals surface area contributed by atoms with E-state index in [0.29, 0.717) is 29.7 Å². The molecular weight excluding hydrogens is 418 g/mol. The Balaban J connectivity index is 1.81. The van der Waals surface area contributed by atoms with Gasteiger partial charge in [0.25, 0.3) is 11.5 Å². The summed E-state index contributed by atoms with van der Waals surface area (Å²) in [5.41, 5.74) is 3.39. The van der Waals surface area contributed by atoms with Crippen molar-refractivity contribution in [2.45, 2.75) is 26.7 Å². The molecule has 1 aliphatic carbocycles. The minimum Gasteiger partial charge on any atom is -0.317 e. The number of pyridine rings is 1. The zero-order chi connectivity index (χ0) is 22.2. The number of hydrogen-bond donors (Lipinski definition) is 2. The fourth-order valence-electron chi connectivity index (χ4n) is 3.60. The average molecular weight is 438 g/mol. The monoisotopic (exact) mass is 437 g/mol. The molecule has 0 fully saturated rings. The molecule has 9 heteroatoms. The summed E-state index contributed by atoms with van der Waals surface area (Å²) in [5, 5.41) is 10.5. The van der Waals surface area contributed by atoms with Crippen molar-refractivity contribution >= 4 is 34.8 Å². The fraction of sp³-hybridized carbons (Fsp3) is 0.227. The normalized spacial score (nSPS) is 14.6. The molecule has 0 saturated carbocycles. The molecule has 1 aliphatic rings. The van der Waals surface area contributed by atoms with E-state index >= 15 is 0 Å². The summed E-state index contributed by atoms with van der Waals surface area (Å²) in [5.74, 6) is -0.269. The van der Waals surface area contributed by atoms with Crippen LogP contribution in [0, 0.1) is 5.41 Å². The molecule has 2 N–H and O–H groups in total. The summed E-state index contributed by atoms with van der Waals surface area (Å²) in [4.78, 5) is 38.8. The zero-order valence-corrected chi connectivity index (χ0v) is 17.7. The molecule has 1 aromatic carbocycles. The van der Waals surface area contributed by atoms with Crippen molar-refractivity contribution in [3.05, 3.63) is 80.9 Å². The van der Waals surface area contributed by atoms with Crippen molar-refractivity contribution in [1.82, 2.24) is 14.9 Å². The van der Waals surface area contributed by atoms with Gasteiger partial charge in [0.15, 0.2) is 16.8 Å². The van der Waals surface area contributed by atoms with Gasteiger partial charge in [-0.05, 0) is 42.2 Å². The van der Waals surface area contributed by atoms with Crippen LogP contribution in [-0.2, 0) is 6.42 Å². The van der Waals surface area contributed by atoms with Gasteiger partial charge in [-0.25, -0.2) is 4.68 Å². The molecule has 4 rings (SSSR count). The number of carbonyl (C=O) groups is 2. The summed E-state index contributed by atoms with van der Waals surface area (Å²) in [6, 6.07) is 13.1. The van der Waals surface area contributed by atoms with Crippen LogP contribution in [0.1, 0.15) is 46.7 Å². The van der Waals surface area contributed by atoms with Crippen molar-refractivity contribution in [1.29, 1.82) is 0 Å². The first-order valence-corrected chi connectivity index (χ1v) is 10.1. The van der Waals surface area contributed by atoms with E-state index in [1.807, 2.05) is 13.8 Å². The molecule has 1 amide bonds. The van der Waals surface area contributed by atoms with Gasteiger partial charge in [-0.3, -0.25) is 19.8 Å². The van der Waals surface area contributed by atoms with Gasteiger partial charge >= 0.3 is 0 Å². The predicted octanol–water partition coefficient (Wildman–Crippen LogP) is 3.57. The summed E-state index contributed by atoms with van der Waals surface area (Å²) in [6.45, 7) is 3.94. The highest BCUT2D eigenvalue weighted by atomic mass is 35.5. The first kappa shape index (κ1) is 20.7. The van der Waals surface area contributed by atoms with Crippen molar-refractivity contribution in [2.75, 3.05) is 10.7 Å². The third-order valence-electron chi connectivity index (χ3n) is 5.03. The molecule has 8 nitrogen and oxygen atoms in total. The quantitative estimate of drug-likeness (QED) is 0.646. The molecule has 158 valence electrons. The van der Waals surface area contributed by atoms with Crippen LogP contribution in [0.5, 0.6) is 0 Å². The summed E-state index contributed by atoms with van der Waals surface area (Å²) in [7, 11) is 0. The molecule has 3 aromatic rings. The second-order valence-corrected chi connectivity index (χ2v) is 8.56. The van der Waals surface area contributed by atoms with Crippen LogP contribution in [0.15, 0.2) is 53.3 Å².